The van der Waals surface area contributed by atoms with Crippen LogP contribution in [0.4, 0.5) is 0 Å². The van der Waals surface area contributed by atoms with Crippen LogP contribution in [0.2, 0.25) is 0 Å². The molecule has 3 aromatic rings. The van der Waals surface area contributed by atoms with Crippen LogP contribution in [0.25, 0.3) is 0 Å². The first-order valence-corrected chi connectivity index (χ1v) is 9.43. The smallest absolute Gasteiger partial charge is 0.0620 e. The lowest BCUT2D eigenvalue weighted by atomic mass is 10.4. The Balaban J connectivity index is 2.34. The minimum Gasteiger partial charge on any atom is -0.0620 e. The molecule has 0 saturated heterocycles. The van der Waals surface area contributed by atoms with Crippen LogP contribution >= 0.6 is 7.26 Å². The average Bonchev–Trinajstić information content (AvgIpc) is 2.62. The van der Waals surface area contributed by atoms with Gasteiger partial charge >= 0.3 is 0 Å². The van der Waals surface area contributed by atoms with Crippen LogP contribution in [0.5, 0.6) is 0 Å². The second-order valence-electron chi connectivity index (χ2n) is 5.21. The van der Waals surface area contributed by atoms with Crippen molar-refractivity contribution in [3.63, 3.8) is 0 Å². The van der Waals surface area contributed by atoms with E-state index in [9.17, 15) is 0 Å². The molecule has 0 unspecified atom stereocenters. The van der Waals surface area contributed by atoms with Crippen molar-refractivity contribution in [3.8, 4) is 0 Å². The Morgan fingerprint density at radius 2 is 0.864 bits per heavy atom. The molecule has 0 amide bonds. The Morgan fingerprint density at radius 3 is 1.14 bits per heavy atom. The fourth-order valence-electron chi connectivity index (χ4n) is 2.92. The summed E-state index contributed by atoms with van der Waals surface area (Å²) in [7, 11) is -1.73. The number of rotatable bonds is 4. The SMILES string of the molecule is CC=C[P+](c1ccccc1)(c1ccccc1)c1ccccc1. The summed E-state index contributed by atoms with van der Waals surface area (Å²) in [5.74, 6) is 2.41. The summed E-state index contributed by atoms with van der Waals surface area (Å²) >= 11 is 0. The maximum absolute atomic E-state index is 2.41. The Kier molecular flexibility index (Phi) is 4.51. The Morgan fingerprint density at radius 1 is 0.545 bits per heavy atom. The molecular formula is C21H20P+. The largest absolute Gasteiger partial charge is 0.136 e. The first-order valence-electron chi connectivity index (χ1n) is 7.57. The molecule has 22 heavy (non-hydrogen) atoms. The van der Waals surface area contributed by atoms with Gasteiger partial charge in [0.05, 0.1) is 5.82 Å². The molecule has 0 spiro atoms. The van der Waals surface area contributed by atoms with Gasteiger partial charge in [-0.1, -0.05) is 60.7 Å². The molecule has 108 valence electrons. The van der Waals surface area contributed by atoms with Crippen molar-refractivity contribution in [1.82, 2.24) is 0 Å². The Bertz CT molecular complexity index is 634. The van der Waals surface area contributed by atoms with E-state index >= 15 is 0 Å². The van der Waals surface area contributed by atoms with Gasteiger partial charge in [-0.3, -0.25) is 0 Å². The van der Waals surface area contributed by atoms with Gasteiger partial charge < -0.3 is 0 Å². The molecule has 0 atom stereocenters. The highest BCUT2D eigenvalue weighted by Crippen LogP contribution is 2.56. The van der Waals surface area contributed by atoms with Crippen molar-refractivity contribution >= 4 is 23.2 Å². The molecule has 3 aromatic carbocycles. The molecule has 0 heterocycles. The summed E-state index contributed by atoms with van der Waals surface area (Å²) in [6.07, 6.45) is 2.20. The standard InChI is InChI=1S/C21H20P/c1-2-18-22(19-12-6-3-7-13-19,20-14-8-4-9-15-20)21-16-10-5-11-17-21/h2-18H,1H3/q+1. The van der Waals surface area contributed by atoms with Crippen LogP contribution in [0.3, 0.4) is 0 Å². The fourth-order valence-corrected chi connectivity index (χ4v) is 6.70. The molecule has 0 aliphatic rings. The summed E-state index contributed by atoms with van der Waals surface area (Å²) in [6, 6.07) is 32.6. The van der Waals surface area contributed by atoms with Gasteiger partial charge in [0, 0.05) is 0 Å². The van der Waals surface area contributed by atoms with Crippen LogP contribution in [-0.4, -0.2) is 0 Å². The lowest BCUT2D eigenvalue weighted by Crippen LogP contribution is -2.29. The van der Waals surface area contributed by atoms with Crippen molar-refractivity contribution in [1.29, 1.82) is 0 Å². The first-order chi connectivity index (χ1) is 10.9. The molecule has 0 nitrogen and oxygen atoms in total. The number of benzene rings is 3. The van der Waals surface area contributed by atoms with Crippen molar-refractivity contribution in [2.45, 2.75) is 6.92 Å². The molecule has 0 aliphatic heterocycles. The lowest BCUT2D eigenvalue weighted by molar-refractivity contribution is 1.71. The summed E-state index contributed by atoms with van der Waals surface area (Å²) < 4.78 is 0. The van der Waals surface area contributed by atoms with E-state index in [1.165, 1.54) is 15.9 Å². The number of hydrogen-bond donors (Lipinski definition) is 0. The molecule has 1 heteroatoms. The second kappa shape index (κ2) is 6.73. The summed E-state index contributed by atoms with van der Waals surface area (Å²) in [4.78, 5) is 0. The van der Waals surface area contributed by atoms with Crippen molar-refractivity contribution in [3.05, 3.63) is 103 Å². The van der Waals surface area contributed by atoms with Crippen molar-refractivity contribution in [2.24, 2.45) is 0 Å². The van der Waals surface area contributed by atoms with Crippen LogP contribution in [-0.2, 0) is 0 Å². The van der Waals surface area contributed by atoms with E-state index in [-0.39, 0.29) is 0 Å². The lowest BCUT2D eigenvalue weighted by Gasteiger charge is -2.23. The van der Waals surface area contributed by atoms with Crippen LogP contribution < -0.4 is 15.9 Å². The average molecular weight is 303 g/mol. The van der Waals surface area contributed by atoms with Gasteiger partial charge in [-0.2, -0.15) is 0 Å². The maximum Gasteiger partial charge on any atom is 0.136 e. The van der Waals surface area contributed by atoms with Gasteiger partial charge in [0.1, 0.15) is 23.2 Å². The molecule has 0 fully saturated rings. The van der Waals surface area contributed by atoms with Crippen molar-refractivity contribution < 1.29 is 0 Å². The molecule has 0 aromatic heterocycles. The zero-order valence-corrected chi connectivity index (χ0v) is 13.7. The highest BCUT2D eigenvalue weighted by Gasteiger charge is 2.42. The third-order valence-corrected chi connectivity index (χ3v) is 7.95. The quantitative estimate of drug-likeness (QED) is 0.622. The zero-order valence-electron chi connectivity index (χ0n) is 12.8. The highest BCUT2D eigenvalue weighted by molar-refractivity contribution is 7.98. The Labute approximate surface area is 133 Å². The van der Waals surface area contributed by atoms with Crippen molar-refractivity contribution in [2.75, 3.05) is 0 Å². The third-order valence-electron chi connectivity index (χ3n) is 3.86. The number of allylic oxidation sites excluding steroid dienone is 1. The Hall–Kier alpha value is -2.17. The van der Waals surface area contributed by atoms with E-state index in [2.05, 4.69) is 110 Å². The van der Waals surface area contributed by atoms with Gasteiger partial charge in [-0.25, -0.2) is 0 Å². The van der Waals surface area contributed by atoms with E-state index in [0.29, 0.717) is 0 Å². The summed E-state index contributed by atoms with van der Waals surface area (Å²) in [5, 5.41) is 4.18. The van der Waals surface area contributed by atoms with Gasteiger partial charge in [-0.15, -0.1) is 0 Å². The highest BCUT2D eigenvalue weighted by atomic mass is 31.2. The summed E-state index contributed by atoms with van der Waals surface area (Å²) in [6.45, 7) is 2.11. The van der Waals surface area contributed by atoms with E-state index in [1.54, 1.807) is 0 Å². The van der Waals surface area contributed by atoms with E-state index in [0.717, 1.165) is 0 Å². The minimum absolute atomic E-state index is 1.39. The zero-order chi connectivity index (χ0) is 15.3. The molecule has 0 aliphatic carbocycles. The minimum atomic E-state index is -1.73. The number of hydrogen-bond acceptors (Lipinski definition) is 0. The molecular weight excluding hydrogens is 283 g/mol. The topological polar surface area (TPSA) is 0 Å². The molecule has 0 bridgehead atoms. The first kappa shape index (κ1) is 14.8. The van der Waals surface area contributed by atoms with Crippen LogP contribution in [0.1, 0.15) is 6.92 Å². The van der Waals surface area contributed by atoms with Gasteiger partial charge in [0.2, 0.25) is 0 Å². The molecule has 0 saturated carbocycles. The van der Waals surface area contributed by atoms with Gasteiger partial charge in [0.15, 0.2) is 0 Å². The maximum atomic E-state index is 2.41. The molecule has 3 rings (SSSR count). The summed E-state index contributed by atoms with van der Waals surface area (Å²) in [5.41, 5.74) is 0. The monoisotopic (exact) mass is 303 g/mol. The van der Waals surface area contributed by atoms with E-state index in [1.807, 2.05) is 0 Å². The van der Waals surface area contributed by atoms with Crippen LogP contribution in [0.15, 0.2) is 103 Å². The molecule has 0 N–H and O–H groups in total. The molecule has 0 radical (unpaired) electrons. The fraction of sp³-hybridized carbons (Fsp3) is 0.0476. The predicted molar refractivity (Wildman–Crippen MR) is 100.0 cm³/mol. The second-order valence-corrected chi connectivity index (χ2v) is 8.50. The van der Waals surface area contributed by atoms with Crippen LogP contribution in [0, 0.1) is 0 Å². The third kappa shape index (κ3) is 2.63. The van der Waals surface area contributed by atoms with E-state index in [4.69, 9.17) is 0 Å². The normalized spacial score (nSPS) is 11.7. The van der Waals surface area contributed by atoms with Gasteiger partial charge in [-0.05, 0) is 43.3 Å². The van der Waals surface area contributed by atoms with E-state index < -0.39 is 7.26 Å². The predicted octanol–water partition coefficient (Wildman–Crippen LogP) is 4.51. The van der Waals surface area contributed by atoms with Gasteiger partial charge in [0.25, 0.3) is 0 Å².